The molecule has 0 spiro atoms. The summed E-state index contributed by atoms with van der Waals surface area (Å²) in [5.41, 5.74) is -1.21. The number of hydrogen-bond acceptors (Lipinski definition) is 8. The standard InChI is InChI=1S/C22H25NO7/c1-10-18(27)16(12(3)25)20-17(19(10)28)22(4)14(30-20)9-13(26)15(21(22)29)11(2)23-7-5-6-8-24/h9,23-24,27-28H,5-8H2,1-4H3/b15-11+/t22-/m0/s1. The molecular weight excluding hydrogens is 390 g/mol. The van der Waals surface area contributed by atoms with Crippen molar-refractivity contribution in [3.05, 3.63) is 39.8 Å². The Morgan fingerprint density at radius 2 is 1.83 bits per heavy atom. The average Bonchev–Trinajstić information content (AvgIpc) is 2.96. The number of ketones is 3. The number of phenolic OH excluding ortho intramolecular Hbond substituents is 2. The van der Waals surface area contributed by atoms with Crippen molar-refractivity contribution in [1.82, 2.24) is 5.32 Å². The van der Waals surface area contributed by atoms with E-state index in [-0.39, 0.29) is 46.1 Å². The molecule has 0 saturated heterocycles. The first-order valence-electron chi connectivity index (χ1n) is 9.71. The van der Waals surface area contributed by atoms with Crippen molar-refractivity contribution in [1.29, 1.82) is 0 Å². The van der Waals surface area contributed by atoms with E-state index in [4.69, 9.17) is 9.84 Å². The summed E-state index contributed by atoms with van der Waals surface area (Å²) in [4.78, 5) is 38.4. The topological polar surface area (TPSA) is 133 Å². The van der Waals surface area contributed by atoms with Crippen molar-refractivity contribution in [2.45, 2.75) is 46.0 Å². The summed E-state index contributed by atoms with van der Waals surface area (Å²) >= 11 is 0. The lowest BCUT2D eigenvalue weighted by Crippen LogP contribution is -2.41. The lowest BCUT2D eigenvalue weighted by atomic mass is 9.70. The number of ether oxygens (including phenoxy) is 1. The number of aliphatic hydroxyl groups excluding tert-OH is 1. The van der Waals surface area contributed by atoms with Gasteiger partial charge in [0.15, 0.2) is 17.3 Å². The molecule has 0 fully saturated rings. The van der Waals surface area contributed by atoms with E-state index in [2.05, 4.69) is 5.32 Å². The molecule has 1 heterocycles. The van der Waals surface area contributed by atoms with Gasteiger partial charge in [-0.25, -0.2) is 0 Å². The monoisotopic (exact) mass is 415 g/mol. The van der Waals surface area contributed by atoms with E-state index in [1.165, 1.54) is 26.8 Å². The SMILES string of the molecule is CC(=O)c1c(O)c(C)c(O)c2c1OC1=CC(=O)/C(=C(/C)NCCCCO)C(=O)[C@@]12C. The number of benzene rings is 1. The van der Waals surface area contributed by atoms with Crippen LogP contribution in [-0.2, 0) is 15.0 Å². The van der Waals surface area contributed by atoms with Crippen LogP contribution in [0.3, 0.4) is 0 Å². The molecule has 1 aliphatic heterocycles. The largest absolute Gasteiger partial charge is 0.507 e. The predicted octanol–water partition coefficient (Wildman–Crippen LogP) is 1.93. The fourth-order valence-corrected chi connectivity index (χ4v) is 3.96. The molecule has 0 saturated carbocycles. The molecule has 1 aromatic rings. The molecule has 1 atom stereocenters. The van der Waals surface area contributed by atoms with Gasteiger partial charge in [-0.05, 0) is 40.5 Å². The lowest BCUT2D eigenvalue weighted by Gasteiger charge is -2.29. The smallest absolute Gasteiger partial charge is 0.194 e. The maximum Gasteiger partial charge on any atom is 0.194 e. The second kappa shape index (κ2) is 7.60. The third-order valence-corrected chi connectivity index (χ3v) is 5.73. The number of hydrogen-bond donors (Lipinski definition) is 4. The van der Waals surface area contributed by atoms with E-state index >= 15 is 0 Å². The quantitative estimate of drug-likeness (QED) is 0.240. The number of aromatic hydroxyl groups is 2. The summed E-state index contributed by atoms with van der Waals surface area (Å²) in [5, 5.41) is 33.0. The van der Waals surface area contributed by atoms with Crippen LogP contribution in [0.15, 0.2) is 23.1 Å². The molecule has 4 N–H and O–H groups in total. The molecule has 0 radical (unpaired) electrons. The van der Waals surface area contributed by atoms with Crippen molar-refractivity contribution in [3.8, 4) is 17.2 Å². The van der Waals surface area contributed by atoms with Crippen molar-refractivity contribution in [2.24, 2.45) is 0 Å². The number of carbonyl (C=O) groups is 3. The van der Waals surface area contributed by atoms with Crippen LogP contribution in [0.5, 0.6) is 17.2 Å². The lowest BCUT2D eigenvalue weighted by molar-refractivity contribution is -0.123. The van der Waals surface area contributed by atoms with Gasteiger partial charge in [-0.1, -0.05) is 0 Å². The number of allylic oxidation sites excluding steroid dienone is 4. The molecule has 3 rings (SSSR count). The summed E-state index contributed by atoms with van der Waals surface area (Å²) in [6, 6.07) is 0. The average molecular weight is 415 g/mol. The number of carbonyl (C=O) groups excluding carboxylic acids is 3. The molecule has 30 heavy (non-hydrogen) atoms. The van der Waals surface area contributed by atoms with E-state index in [0.29, 0.717) is 25.1 Å². The van der Waals surface area contributed by atoms with Crippen LogP contribution in [0.1, 0.15) is 55.1 Å². The molecule has 0 unspecified atom stereocenters. The van der Waals surface area contributed by atoms with Crippen LogP contribution >= 0.6 is 0 Å². The van der Waals surface area contributed by atoms with Gasteiger partial charge in [0.2, 0.25) is 0 Å². The van der Waals surface area contributed by atoms with Crippen molar-refractivity contribution < 1.29 is 34.4 Å². The molecule has 0 aromatic heterocycles. The normalized spacial score (nSPS) is 21.6. The maximum atomic E-state index is 13.5. The highest BCUT2D eigenvalue weighted by atomic mass is 16.5. The Morgan fingerprint density at radius 1 is 1.17 bits per heavy atom. The van der Waals surface area contributed by atoms with Gasteiger partial charge in [-0.3, -0.25) is 14.4 Å². The van der Waals surface area contributed by atoms with E-state index in [1.807, 2.05) is 0 Å². The summed E-state index contributed by atoms with van der Waals surface area (Å²) < 4.78 is 5.71. The van der Waals surface area contributed by atoms with Crippen LogP contribution in [0.25, 0.3) is 0 Å². The second-order valence-electron chi connectivity index (χ2n) is 7.74. The van der Waals surface area contributed by atoms with Crippen LogP contribution in [0.2, 0.25) is 0 Å². The zero-order valence-electron chi connectivity index (χ0n) is 17.4. The van der Waals surface area contributed by atoms with Gasteiger partial charge < -0.3 is 25.4 Å². The van der Waals surface area contributed by atoms with E-state index in [0.717, 1.165) is 0 Å². The Kier molecular flexibility index (Phi) is 5.47. The third-order valence-electron chi connectivity index (χ3n) is 5.73. The molecule has 160 valence electrons. The Hall–Kier alpha value is -3.13. The molecular formula is C22H25NO7. The number of phenols is 2. The van der Waals surface area contributed by atoms with E-state index in [1.54, 1.807) is 6.92 Å². The van der Waals surface area contributed by atoms with Gasteiger partial charge in [0.25, 0.3) is 0 Å². The summed E-state index contributed by atoms with van der Waals surface area (Å²) in [6.45, 7) is 6.35. The molecule has 0 amide bonds. The fourth-order valence-electron chi connectivity index (χ4n) is 3.96. The van der Waals surface area contributed by atoms with Crippen molar-refractivity contribution in [2.75, 3.05) is 13.2 Å². The fraction of sp³-hybridized carbons (Fsp3) is 0.409. The molecule has 1 aromatic carbocycles. The van der Waals surface area contributed by atoms with Gasteiger partial charge >= 0.3 is 0 Å². The van der Waals surface area contributed by atoms with Crippen LogP contribution < -0.4 is 10.1 Å². The van der Waals surface area contributed by atoms with Crippen LogP contribution in [0, 0.1) is 6.92 Å². The number of fused-ring (bicyclic) bond motifs is 3. The number of rotatable bonds is 6. The zero-order chi connectivity index (χ0) is 22.4. The highest BCUT2D eigenvalue weighted by Gasteiger charge is 2.56. The molecule has 1 aliphatic carbocycles. The minimum absolute atomic E-state index is 0.00660. The number of unbranched alkanes of at least 4 members (excludes halogenated alkanes) is 1. The van der Waals surface area contributed by atoms with Crippen molar-refractivity contribution >= 4 is 17.3 Å². The van der Waals surface area contributed by atoms with E-state index in [9.17, 15) is 24.6 Å². The second-order valence-corrected chi connectivity index (χ2v) is 7.74. The van der Waals surface area contributed by atoms with E-state index < -0.39 is 28.5 Å². The first kappa shape index (κ1) is 21.6. The Labute approximate surface area is 173 Å². The molecule has 8 nitrogen and oxygen atoms in total. The highest BCUT2D eigenvalue weighted by Crippen LogP contribution is 2.57. The zero-order valence-corrected chi connectivity index (χ0v) is 17.4. The Balaban J connectivity index is 2.18. The Morgan fingerprint density at radius 3 is 2.43 bits per heavy atom. The summed E-state index contributed by atoms with van der Waals surface area (Å²) in [7, 11) is 0. The third kappa shape index (κ3) is 2.99. The minimum atomic E-state index is -1.51. The van der Waals surface area contributed by atoms with Crippen LogP contribution in [-0.4, -0.2) is 45.8 Å². The van der Waals surface area contributed by atoms with Gasteiger partial charge in [0.1, 0.15) is 34.0 Å². The van der Waals surface area contributed by atoms with Gasteiger partial charge in [-0.2, -0.15) is 0 Å². The molecule has 8 heteroatoms. The Bertz CT molecular complexity index is 1030. The maximum absolute atomic E-state index is 13.5. The van der Waals surface area contributed by atoms with Gasteiger partial charge in [-0.15, -0.1) is 0 Å². The number of aliphatic hydroxyl groups is 1. The molecule has 0 bridgehead atoms. The van der Waals surface area contributed by atoms with Crippen molar-refractivity contribution in [3.63, 3.8) is 0 Å². The predicted molar refractivity (Wildman–Crippen MR) is 108 cm³/mol. The summed E-state index contributed by atoms with van der Waals surface area (Å²) in [6.07, 6.45) is 2.44. The number of Topliss-reactive ketones (excluding diaryl/α,β-unsaturated/α-hetero) is 2. The molecule has 2 aliphatic rings. The highest BCUT2D eigenvalue weighted by molar-refractivity contribution is 6.31. The van der Waals surface area contributed by atoms with Gasteiger partial charge in [0, 0.05) is 30.5 Å². The van der Waals surface area contributed by atoms with Gasteiger partial charge in [0.05, 0.1) is 11.1 Å². The summed E-state index contributed by atoms with van der Waals surface area (Å²) in [5.74, 6) is -2.47. The van der Waals surface area contributed by atoms with Crippen LogP contribution in [0.4, 0.5) is 0 Å². The number of nitrogens with one attached hydrogen (secondary N) is 1. The first-order valence-corrected chi connectivity index (χ1v) is 9.71. The first-order chi connectivity index (χ1) is 14.1. The minimum Gasteiger partial charge on any atom is -0.507 e.